The topological polar surface area (TPSA) is 93.1 Å². The van der Waals surface area contributed by atoms with Gasteiger partial charge in [0.05, 0.1) is 13.2 Å². The van der Waals surface area contributed by atoms with Crippen molar-refractivity contribution < 1.29 is 19.7 Å². The van der Waals surface area contributed by atoms with E-state index in [1.54, 1.807) is 18.2 Å². The smallest absolute Gasteiger partial charge is 0.220 e. The summed E-state index contributed by atoms with van der Waals surface area (Å²) >= 11 is 0. The Labute approximate surface area is 149 Å². The molecule has 2 N–H and O–H groups in total. The first-order valence-corrected chi connectivity index (χ1v) is 8.52. The van der Waals surface area contributed by atoms with Crippen LogP contribution in [0.2, 0.25) is 0 Å². The molecular weight excluding hydrogens is 336 g/mol. The fourth-order valence-electron chi connectivity index (χ4n) is 3.76. The number of ether oxygens (including phenoxy) is 2. The second-order valence-corrected chi connectivity index (χ2v) is 6.65. The second-order valence-electron chi connectivity index (χ2n) is 6.65. The lowest BCUT2D eigenvalue weighted by molar-refractivity contribution is 0.165. The summed E-state index contributed by atoms with van der Waals surface area (Å²) in [7, 11) is 0. The lowest BCUT2D eigenvalue weighted by Gasteiger charge is -2.34. The largest absolute Gasteiger partial charge is 0.504 e. The van der Waals surface area contributed by atoms with Crippen LogP contribution in [0.5, 0.6) is 23.0 Å². The Hall–Kier alpha value is -3.02. The Morgan fingerprint density at radius 3 is 2.65 bits per heavy atom. The van der Waals surface area contributed by atoms with Gasteiger partial charge in [-0.25, -0.2) is 0 Å². The molecule has 2 heterocycles. The highest BCUT2D eigenvalue weighted by Crippen LogP contribution is 2.43. The van der Waals surface area contributed by atoms with Crippen LogP contribution in [0.4, 0.5) is 0 Å². The summed E-state index contributed by atoms with van der Waals surface area (Å²) in [6.45, 7) is 0.892. The molecule has 4 rings (SSSR count). The van der Waals surface area contributed by atoms with Gasteiger partial charge in [0.1, 0.15) is 11.5 Å². The first kappa shape index (κ1) is 16.4. The Morgan fingerprint density at radius 2 is 1.81 bits per heavy atom. The number of aromatic hydroxyl groups is 2. The highest BCUT2D eigenvalue weighted by atomic mass is 16.5. The van der Waals surface area contributed by atoms with Crippen LogP contribution in [0, 0.1) is 5.92 Å². The molecular formula is C20H18O6. The van der Waals surface area contributed by atoms with Gasteiger partial charge >= 0.3 is 0 Å². The zero-order valence-electron chi connectivity index (χ0n) is 14.0. The van der Waals surface area contributed by atoms with Crippen LogP contribution in [0.1, 0.15) is 23.5 Å². The molecule has 0 saturated heterocycles. The minimum Gasteiger partial charge on any atom is -0.504 e. The van der Waals surface area contributed by atoms with Crippen molar-refractivity contribution in [2.24, 2.45) is 5.92 Å². The van der Waals surface area contributed by atoms with Crippen LogP contribution >= 0.6 is 0 Å². The predicted molar refractivity (Wildman–Crippen MR) is 94.3 cm³/mol. The molecule has 2 aromatic rings. The van der Waals surface area contributed by atoms with Crippen molar-refractivity contribution in [1.29, 1.82) is 0 Å². The molecule has 134 valence electrons. The van der Waals surface area contributed by atoms with E-state index in [1.807, 2.05) is 0 Å². The van der Waals surface area contributed by atoms with Crippen LogP contribution < -0.4 is 20.3 Å². The molecule has 0 aliphatic carbocycles. The number of hydrogen-bond acceptors (Lipinski definition) is 6. The van der Waals surface area contributed by atoms with Crippen LogP contribution in [-0.4, -0.2) is 23.4 Å². The summed E-state index contributed by atoms with van der Waals surface area (Å²) in [5.74, 6) is 0.416. The van der Waals surface area contributed by atoms with Gasteiger partial charge in [-0.1, -0.05) is 12.1 Å². The molecule has 0 radical (unpaired) electrons. The normalized spacial score (nSPS) is 20.9. The summed E-state index contributed by atoms with van der Waals surface area (Å²) in [5.41, 5.74) is 0.438. The third kappa shape index (κ3) is 2.77. The maximum Gasteiger partial charge on any atom is 0.220 e. The fourth-order valence-corrected chi connectivity index (χ4v) is 3.76. The SMILES string of the molecule is O=c1ccc2c(cc1O)OCCC2C1COc2cccc(=O)c(O)c2C1. The van der Waals surface area contributed by atoms with Gasteiger partial charge in [0.15, 0.2) is 11.5 Å². The van der Waals surface area contributed by atoms with Crippen molar-refractivity contribution in [3.05, 3.63) is 68.0 Å². The molecule has 0 amide bonds. The van der Waals surface area contributed by atoms with E-state index in [0.717, 1.165) is 12.0 Å². The Morgan fingerprint density at radius 1 is 0.962 bits per heavy atom. The zero-order chi connectivity index (χ0) is 18.3. The van der Waals surface area contributed by atoms with E-state index in [4.69, 9.17) is 9.47 Å². The van der Waals surface area contributed by atoms with E-state index in [0.29, 0.717) is 36.7 Å². The Kier molecular flexibility index (Phi) is 4.03. The molecule has 0 spiro atoms. The highest BCUT2D eigenvalue weighted by molar-refractivity contribution is 5.46. The number of rotatable bonds is 1. The first-order valence-electron chi connectivity index (χ1n) is 8.52. The summed E-state index contributed by atoms with van der Waals surface area (Å²) in [5, 5.41) is 20.0. The summed E-state index contributed by atoms with van der Waals surface area (Å²) < 4.78 is 11.4. The van der Waals surface area contributed by atoms with E-state index in [9.17, 15) is 19.8 Å². The monoisotopic (exact) mass is 354 g/mol. The van der Waals surface area contributed by atoms with Gasteiger partial charge in [-0.05, 0) is 42.5 Å². The second kappa shape index (κ2) is 6.37. The van der Waals surface area contributed by atoms with Crippen LogP contribution in [0.3, 0.4) is 0 Å². The van der Waals surface area contributed by atoms with E-state index >= 15 is 0 Å². The highest BCUT2D eigenvalue weighted by Gasteiger charge is 2.33. The zero-order valence-corrected chi connectivity index (χ0v) is 14.0. The van der Waals surface area contributed by atoms with Crippen molar-refractivity contribution >= 4 is 0 Å². The van der Waals surface area contributed by atoms with Gasteiger partial charge in [0, 0.05) is 17.5 Å². The molecule has 6 heteroatoms. The van der Waals surface area contributed by atoms with Crippen LogP contribution in [0.15, 0.2) is 46.0 Å². The number of fused-ring (bicyclic) bond motifs is 2. The molecule has 0 bridgehead atoms. The van der Waals surface area contributed by atoms with E-state index < -0.39 is 10.9 Å². The molecule has 2 unspecified atom stereocenters. The standard InChI is InChI=1S/C20H18O6/c21-15-5-4-13-12(6-7-25-19(13)9-17(15)23)11-8-14-18(26-10-11)3-1-2-16(22)20(14)24/h1-5,9,11-12H,6-8,10H2,(H,21,23)(H,22,24). The average Bonchev–Trinajstić information content (AvgIpc) is 2.88. The van der Waals surface area contributed by atoms with E-state index in [2.05, 4.69) is 0 Å². The molecule has 0 saturated carbocycles. The van der Waals surface area contributed by atoms with E-state index in [1.165, 1.54) is 18.2 Å². The third-order valence-corrected chi connectivity index (χ3v) is 5.11. The van der Waals surface area contributed by atoms with Gasteiger partial charge in [0.25, 0.3) is 0 Å². The third-order valence-electron chi connectivity index (χ3n) is 5.11. The van der Waals surface area contributed by atoms with Crippen molar-refractivity contribution in [3.63, 3.8) is 0 Å². The predicted octanol–water partition coefficient (Wildman–Crippen LogP) is 1.94. The van der Waals surface area contributed by atoms with Gasteiger partial charge in [-0.3, -0.25) is 9.59 Å². The molecule has 6 nitrogen and oxygen atoms in total. The quantitative estimate of drug-likeness (QED) is 0.813. The molecule has 26 heavy (non-hydrogen) atoms. The average molecular weight is 354 g/mol. The maximum absolute atomic E-state index is 11.9. The summed E-state index contributed by atoms with van der Waals surface area (Å²) in [6.07, 6.45) is 1.21. The lowest BCUT2D eigenvalue weighted by Crippen LogP contribution is -2.30. The van der Waals surface area contributed by atoms with E-state index in [-0.39, 0.29) is 23.3 Å². The minimum absolute atomic E-state index is 0.0116. The summed E-state index contributed by atoms with van der Waals surface area (Å²) in [6, 6.07) is 8.94. The molecule has 0 aromatic heterocycles. The molecule has 2 aliphatic heterocycles. The first-order chi connectivity index (χ1) is 12.5. The Bertz CT molecular complexity index is 984. The fraction of sp³-hybridized carbons (Fsp3) is 0.300. The van der Waals surface area contributed by atoms with Gasteiger partial charge in [-0.15, -0.1) is 0 Å². The van der Waals surface area contributed by atoms with Gasteiger partial charge in [0.2, 0.25) is 10.9 Å². The van der Waals surface area contributed by atoms with Gasteiger partial charge in [-0.2, -0.15) is 0 Å². The minimum atomic E-state index is -0.465. The van der Waals surface area contributed by atoms with Crippen LogP contribution in [0.25, 0.3) is 0 Å². The molecule has 0 fully saturated rings. The molecule has 2 aliphatic rings. The van der Waals surface area contributed by atoms with Gasteiger partial charge < -0.3 is 19.7 Å². The summed E-state index contributed by atoms with van der Waals surface area (Å²) in [4.78, 5) is 23.6. The van der Waals surface area contributed by atoms with Crippen molar-refractivity contribution in [2.45, 2.75) is 18.8 Å². The molecule has 2 atom stereocenters. The van der Waals surface area contributed by atoms with Crippen molar-refractivity contribution in [2.75, 3.05) is 13.2 Å². The molecule has 2 aromatic carbocycles. The number of hydrogen-bond donors (Lipinski definition) is 2. The van der Waals surface area contributed by atoms with Crippen molar-refractivity contribution in [1.82, 2.24) is 0 Å². The van der Waals surface area contributed by atoms with Crippen LogP contribution in [-0.2, 0) is 6.42 Å². The Balaban J connectivity index is 1.75. The maximum atomic E-state index is 11.9. The lowest BCUT2D eigenvalue weighted by atomic mass is 9.79. The van der Waals surface area contributed by atoms with Crippen molar-refractivity contribution in [3.8, 4) is 23.0 Å².